The van der Waals surface area contributed by atoms with E-state index in [0.29, 0.717) is 141 Å². The number of carbonyl (C=O) groups is 8. The second kappa shape index (κ2) is 48.3. The van der Waals surface area contributed by atoms with Gasteiger partial charge in [0.25, 0.3) is 11.8 Å². The number of unbranched alkanes of at least 4 members (excludes halogenated alkanes) is 2. The van der Waals surface area contributed by atoms with Gasteiger partial charge >= 0.3 is 18.0 Å². The Labute approximate surface area is 491 Å². The average Bonchev–Trinajstić information content (AvgIpc) is 4.31. The summed E-state index contributed by atoms with van der Waals surface area (Å²) in [5.41, 5.74) is 4.79. The van der Waals surface area contributed by atoms with E-state index in [1.165, 1.54) is 0 Å². The van der Waals surface area contributed by atoms with Gasteiger partial charge < -0.3 is 85.7 Å². The molecule has 5 rings (SSSR count). The zero-order chi connectivity index (χ0) is 60.6. The summed E-state index contributed by atoms with van der Waals surface area (Å²) < 4.78 is 58.6. The third-order valence-corrected chi connectivity index (χ3v) is 15.2. The fourth-order valence-corrected chi connectivity index (χ4v) is 11.2. The molecule has 82 heavy (non-hydrogen) atoms. The van der Waals surface area contributed by atoms with E-state index in [9.17, 15) is 42.7 Å². The summed E-state index contributed by atoms with van der Waals surface area (Å²) in [5.74, 6) is 4.65. The summed E-state index contributed by atoms with van der Waals surface area (Å²) in [5, 5.41) is 21.5. The molecule has 5 aliphatic heterocycles. The summed E-state index contributed by atoms with van der Waals surface area (Å²) in [7, 11) is -1.00. The Balaban J connectivity index is 0.000000512. The van der Waals surface area contributed by atoms with Gasteiger partial charge in [-0.2, -0.15) is 23.5 Å². The van der Waals surface area contributed by atoms with Gasteiger partial charge in [0.2, 0.25) is 17.7 Å². The average molecular weight is 1210 g/mol. The van der Waals surface area contributed by atoms with E-state index in [-0.39, 0.29) is 99.4 Å². The van der Waals surface area contributed by atoms with E-state index in [4.69, 9.17) is 56.3 Å². The number of nitrogens with two attached hydrogens (primary N) is 1. The quantitative estimate of drug-likeness (QED) is 0.0174. The summed E-state index contributed by atoms with van der Waals surface area (Å²) >= 11 is 3.78. The number of fused-ring (bicyclic) bond motifs is 2. The lowest BCUT2D eigenvalue weighted by Gasteiger charge is -2.16. The van der Waals surface area contributed by atoms with Crippen molar-refractivity contribution in [3.8, 4) is 24.7 Å². The van der Waals surface area contributed by atoms with E-state index in [1.807, 2.05) is 23.5 Å². The van der Waals surface area contributed by atoms with E-state index in [2.05, 4.69) is 55.5 Å². The fraction of sp³-hybridized carbons (Fsp3) is 0.774. The predicted molar refractivity (Wildman–Crippen MR) is 304 cm³/mol. The SMILES string of the molecule is C#CCN.C#CCNC(=O)CCOCCOCCOCCOCCNC(=O)CCCCC1SCC2NC(=O)NC21.O=C(CCCCC1SCC2NC(=O)NC21)NCCOCCOCCOCCOCCC(=O)ON1C(=O)CCC1=O.[2H]CF. The first-order chi connectivity index (χ1) is 40.4. The third-order valence-electron chi connectivity index (χ3n) is 12.2. The summed E-state index contributed by atoms with van der Waals surface area (Å²) in [6.45, 7) is 7.65. The van der Waals surface area contributed by atoms with Crippen molar-refractivity contribution < 1.29 is 86.8 Å². The number of imide groups is 1. The molecule has 0 radical (unpaired) electrons. The van der Waals surface area contributed by atoms with Crippen LogP contribution in [0.25, 0.3) is 0 Å². The fourth-order valence-electron chi connectivity index (χ4n) is 8.14. The zero-order valence-corrected chi connectivity index (χ0v) is 48.7. The highest BCUT2D eigenvalue weighted by Crippen LogP contribution is 2.34. The predicted octanol–water partition coefficient (Wildman–Crippen LogP) is 0.0904. The van der Waals surface area contributed by atoms with Gasteiger partial charge in [0.1, 0.15) is 0 Å². The maximum Gasteiger partial charge on any atom is 0.335 e. The lowest BCUT2D eigenvalue weighted by molar-refractivity contribution is -0.198. The minimum Gasteiger partial charge on any atom is -0.379 e. The molecule has 5 saturated heterocycles. The number of halogens is 1. The van der Waals surface area contributed by atoms with Crippen LogP contribution in [0.2, 0.25) is 0 Å². The van der Waals surface area contributed by atoms with Crippen molar-refractivity contribution in [1.29, 1.82) is 0 Å². The number of alkyl halides is 1. The van der Waals surface area contributed by atoms with Crippen molar-refractivity contribution in [2.75, 3.05) is 151 Å². The molecule has 9 N–H and O–H groups in total. The first kappa shape index (κ1) is 71.2. The smallest absolute Gasteiger partial charge is 0.335 e. The number of amides is 9. The Kier molecular flexibility index (Phi) is 42.0. The molecule has 0 aromatic heterocycles. The van der Waals surface area contributed by atoms with Crippen LogP contribution in [0.15, 0.2) is 0 Å². The van der Waals surface area contributed by atoms with Gasteiger partial charge in [-0.05, 0) is 25.7 Å². The van der Waals surface area contributed by atoms with Crippen molar-refractivity contribution in [1.82, 2.24) is 42.3 Å². The summed E-state index contributed by atoms with van der Waals surface area (Å²) in [6.07, 6.45) is 16.6. The molecule has 26 nitrogen and oxygen atoms in total. The van der Waals surface area contributed by atoms with Gasteiger partial charge in [0.15, 0.2) is 0 Å². The van der Waals surface area contributed by atoms with Gasteiger partial charge in [-0.1, -0.05) is 24.7 Å². The number of terminal acetylenes is 2. The zero-order valence-electron chi connectivity index (χ0n) is 48.0. The van der Waals surface area contributed by atoms with Gasteiger partial charge in [0.05, 0.1) is 158 Å². The first-order valence-corrected chi connectivity index (χ1v) is 29.7. The summed E-state index contributed by atoms with van der Waals surface area (Å²) in [4.78, 5) is 97.1. The van der Waals surface area contributed by atoms with Crippen LogP contribution < -0.4 is 43.0 Å². The number of carbonyl (C=O) groups excluding carboxylic acids is 8. The number of urea groups is 2. The minimum atomic E-state index is -1.00. The number of hydroxylamine groups is 2. The van der Waals surface area contributed by atoms with Crippen molar-refractivity contribution in [3.05, 3.63) is 0 Å². The van der Waals surface area contributed by atoms with Crippen LogP contribution in [-0.4, -0.2) is 238 Å². The highest BCUT2D eigenvalue weighted by atomic mass is 32.2. The maximum atomic E-state index is 12.0. The van der Waals surface area contributed by atoms with Crippen LogP contribution >= 0.6 is 23.5 Å². The molecule has 6 unspecified atom stereocenters. The molecule has 5 aliphatic rings. The van der Waals surface area contributed by atoms with E-state index in [0.717, 1.165) is 50.0 Å². The van der Waals surface area contributed by atoms with Crippen molar-refractivity contribution >= 4 is 71.1 Å². The molecule has 5 heterocycles. The molecule has 5 fully saturated rings. The molecule has 9 amide bonds. The maximum absolute atomic E-state index is 12.0. The van der Waals surface area contributed by atoms with Crippen LogP contribution in [-0.2, 0) is 71.5 Å². The van der Waals surface area contributed by atoms with Gasteiger partial charge in [-0.15, -0.1) is 17.9 Å². The Morgan fingerprint density at radius 2 is 0.939 bits per heavy atom. The molecule has 0 bridgehead atoms. The number of ether oxygens (including phenoxy) is 8. The number of nitrogens with zero attached hydrogens (tertiary/aromatic N) is 1. The number of thioether (sulfide) groups is 2. The number of hydrogen-bond acceptors (Lipinski definition) is 20. The normalized spacial score (nSPS) is 20.0. The third kappa shape index (κ3) is 34.5. The molecule has 466 valence electrons. The molecular weight excluding hydrogens is 1120 g/mol. The van der Waals surface area contributed by atoms with E-state index in [1.54, 1.807) is 0 Å². The van der Waals surface area contributed by atoms with Gasteiger partial charge in [0, 0.05) is 67.2 Å². The molecule has 6 atom stereocenters. The molecular formula is C53H88FN9O17S2. The highest BCUT2D eigenvalue weighted by molar-refractivity contribution is 8.00. The van der Waals surface area contributed by atoms with Crippen LogP contribution in [0.3, 0.4) is 0 Å². The second-order valence-corrected chi connectivity index (χ2v) is 20.8. The molecule has 29 heteroatoms. The molecule has 0 aromatic carbocycles. The highest BCUT2D eigenvalue weighted by Gasteiger charge is 2.43. The van der Waals surface area contributed by atoms with Gasteiger partial charge in [-0.3, -0.25) is 28.4 Å². The van der Waals surface area contributed by atoms with E-state index >= 15 is 0 Å². The first-order valence-electron chi connectivity index (χ1n) is 28.4. The topological polar surface area (TPSA) is 333 Å². The van der Waals surface area contributed by atoms with E-state index < -0.39 is 24.9 Å². The Morgan fingerprint density at radius 3 is 1.33 bits per heavy atom. The Morgan fingerprint density at radius 1 is 0.573 bits per heavy atom. The number of nitrogens with one attached hydrogen (secondary N) is 7. The van der Waals surface area contributed by atoms with Crippen LogP contribution in [0.5, 0.6) is 0 Å². The van der Waals surface area contributed by atoms with Crippen LogP contribution in [0, 0.1) is 24.7 Å². The number of rotatable bonds is 42. The Bertz CT molecular complexity index is 1950. The molecule has 0 saturated carbocycles. The van der Waals surface area contributed by atoms with Crippen molar-refractivity contribution in [3.63, 3.8) is 0 Å². The minimum absolute atomic E-state index is 0.0174. The van der Waals surface area contributed by atoms with Gasteiger partial charge in [-0.25, -0.2) is 14.4 Å². The molecule has 0 aliphatic carbocycles. The van der Waals surface area contributed by atoms with Crippen LogP contribution in [0.1, 0.15) is 78.4 Å². The van der Waals surface area contributed by atoms with Crippen LogP contribution in [0.4, 0.5) is 14.0 Å². The monoisotopic (exact) mass is 1210 g/mol. The molecule has 0 aromatic rings. The van der Waals surface area contributed by atoms with Crippen molar-refractivity contribution in [2.45, 2.75) is 112 Å². The molecule has 0 spiro atoms. The summed E-state index contributed by atoms with van der Waals surface area (Å²) in [6, 6.07) is 0.782. The Hall–Kier alpha value is -5.05. The lowest BCUT2D eigenvalue weighted by atomic mass is 10.0. The number of hydrogen-bond donors (Lipinski definition) is 8. The van der Waals surface area contributed by atoms with Crippen molar-refractivity contribution in [2.24, 2.45) is 5.73 Å². The lowest BCUT2D eigenvalue weighted by Crippen LogP contribution is -2.36. The second-order valence-electron chi connectivity index (χ2n) is 18.3. The standard InChI is InChI=1S/C25H40N4O10S.C24H40N4O7S.C3H5N.CH3F/c30-20(4-2-1-3-19-24-18(17-40-19)27-25(34)28-24)26-8-10-36-12-14-38-16-15-37-13-11-35-9-7-23(33)39-29-21(31)5-6-22(29)32;1-2-8-25-22(30)7-10-32-12-14-34-16-17-35-15-13-33-11-9-26-21(29)6-4-3-5-20-23-19(18-36-20)27-24(31)28-23;1-2-3-4;1-2/h18-19,24H,1-17H2,(H,26,30)(H2,27,28,34);1,19-20,23H,3-18H2,(H,25,30)(H,26,29)(H2,27,28,31);1H,3-4H2;1H3/i;;;1D. The largest absolute Gasteiger partial charge is 0.379 e.